The number of fused-ring (bicyclic) bond motifs is 3. The Morgan fingerprint density at radius 1 is 1.27 bits per heavy atom. The monoisotopic (exact) mass is 367 g/mol. The normalized spacial score (nSPS) is 12.6. The highest BCUT2D eigenvalue weighted by Gasteiger charge is 2.14. The van der Waals surface area contributed by atoms with Gasteiger partial charge in [0.1, 0.15) is 5.82 Å². The minimum absolute atomic E-state index is 0.0562. The zero-order chi connectivity index (χ0) is 18.3. The summed E-state index contributed by atoms with van der Waals surface area (Å²) in [5, 5.41) is 2.99. The Kier molecular flexibility index (Phi) is 4.20. The zero-order valence-electron chi connectivity index (χ0n) is 14.5. The molecule has 4 nitrogen and oxygen atoms in total. The summed E-state index contributed by atoms with van der Waals surface area (Å²) in [7, 11) is 0. The van der Waals surface area contributed by atoms with Gasteiger partial charge >= 0.3 is 0 Å². The number of carbonyl (C=O) groups excluding carboxylic acids is 1. The smallest absolute Gasteiger partial charge is 0.251 e. The first-order valence-corrected chi connectivity index (χ1v) is 9.35. The third-order valence-electron chi connectivity index (χ3n) is 4.49. The van der Waals surface area contributed by atoms with Crippen molar-refractivity contribution in [2.75, 3.05) is 0 Å². The molecule has 0 aliphatic carbocycles. The fraction of sp³-hybridized carbons (Fsp3) is 0.200. The van der Waals surface area contributed by atoms with Crippen molar-refractivity contribution < 1.29 is 9.18 Å². The molecule has 6 heteroatoms. The predicted molar refractivity (Wildman–Crippen MR) is 103 cm³/mol. The topological polar surface area (TPSA) is 46.4 Å². The van der Waals surface area contributed by atoms with Crippen LogP contribution < -0.4 is 5.32 Å². The van der Waals surface area contributed by atoms with Gasteiger partial charge in [0.15, 0.2) is 4.96 Å². The van der Waals surface area contributed by atoms with E-state index in [1.54, 1.807) is 12.1 Å². The molecule has 0 radical (unpaired) electrons. The van der Waals surface area contributed by atoms with Gasteiger partial charge in [0.25, 0.3) is 5.91 Å². The molecule has 0 aliphatic heterocycles. The van der Waals surface area contributed by atoms with Crippen LogP contribution in [0.5, 0.6) is 0 Å². The second-order valence-corrected chi connectivity index (χ2v) is 7.36. The highest BCUT2D eigenvalue weighted by molar-refractivity contribution is 7.23. The lowest BCUT2D eigenvalue weighted by Crippen LogP contribution is -2.31. The van der Waals surface area contributed by atoms with Gasteiger partial charge in [-0.05, 0) is 55.8 Å². The van der Waals surface area contributed by atoms with E-state index in [-0.39, 0.29) is 17.8 Å². The van der Waals surface area contributed by atoms with Crippen LogP contribution in [0.1, 0.15) is 30.6 Å². The molecule has 132 valence electrons. The largest absolute Gasteiger partial charge is 0.350 e. The van der Waals surface area contributed by atoms with E-state index in [2.05, 4.69) is 10.3 Å². The highest BCUT2D eigenvalue weighted by Crippen LogP contribution is 2.30. The Balaban J connectivity index is 1.70. The molecule has 4 rings (SSSR count). The lowest BCUT2D eigenvalue weighted by atomic mass is 10.1. The molecule has 0 unspecified atom stereocenters. The van der Waals surface area contributed by atoms with E-state index < -0.39 is 0 Å². The van der Waals surface area contributed by atoms with Crippen molar-refractivity contribution in [3.63, 3.8) is 0 Å². The molecular formula is C20H18FN3OS. The first-order chi connectivity index (χ1) is 12.5. The molecule has 2 aromatic carbocycles. The van der Waals surface area contributed by atoms with Crippen molar-refractivity contribution in [1.29, 1.82) is 0 Å². The number of nitrogens with zero attached hydrogens (tertiary/aromatic N) is 2. The maximum atomic E-state index is 13.1. The molecule has 0 saturated heterocycles. The summed E-state index contributed by atoms with van der Waals surface area (Å²) in [6, 6.07) is 12.2. The molecule has 0 bridgehead atoms. The third kappa shape index (κ3) is 2.97. The summed E-state index contributed by atoms with van der Waals surface area (Å²) in [6.45, 7) is 4.04. The van der Waals surface area contributed by atoms with Crippen LogP contribution in [-0.4, -0.2) is 21.3 Å². The number of rotatable bonds is 4. The molecule has 0 spiro atoms. The molecule has 0 saturated carbocycles. The number of hydrogen-bond donors (Lipinski definition) is 1. The SMILES string of the molecule is CC[C@@H](C)NC(=O)c1ccc2c(c1)sc1nc(-c3ccc(F)cc3)cn12. The second-order valence-electron chi connectivity index (χ2n) is 6.35. The maximum absolute atomic E-state index is 13.1. The van der Waals surface area contributed by atoms with Crippen LogP contribution in [0.2, 0.25) is 0 Å². The number of halogens is 1. The summed E-state index contributed by atoms with van der Waals surface area (Å²) in [6.07, 6.45) is 2.84. The maximum Gasteiger partial charge on any atom is 0.251 e. The minimum Gasteiger partial charge on any atom is -0.350 e. The summed E-state index contributed by atoms with van der Waals surface area (Å²) >= 11 is 1.53. The van der Waals surface area contributed by atoms with Gasteiger partial charge in [-0.3, -0.25) is 9.20 Å². The van der Waals surface area contributed by atoms with E-state index in [1.807, 2.05) is 42.6 Å². The van der Waals surface area contributed by atoms with E-state index in [4.69, 9.17) is 0 Å². The van der Waals surface area contributed by atoms with Crippen LogP contribution in [0.4, 0.5) is 4.39 Å². The van der Waals surface area contributed by atoms with Crippen LogP contribution in [0.25, 0.3) is 26.4 Å². The fourth-order valence-electron chi connectivity index (χ4n) is 2.81. The lowest BCUT2D eigenvalue weighted by Gasteiger charge is -2.11. The van der Waals surface area contributed by atoms with E-state index >= 15 is 0 Å². The zero-order valence-corrected chi connectivity index (χ0v) is 15.3. The van der Waals surface area contributed by atoms with Gasteiger partial charge in [-0.2, -0.15) is 0 Å². The van der Waals surface area contributed by atoms with Gasteiger partial charge < -0.3 is 5.32 Å². The summed E-state index contributed by atoms with van der Waals surface area (Å²) in [5.41, 5.74) is 3.34. The summed E-state index contributed by atoms with van der Waals surface area (Å²) < 4.78 is 16.1. The first-order valence-electron chi connectivity index (χ1n) is 8.53. The van der Waals surface area contributed by atoms with Crippen molar-refractivity contribution in [2.24, 2.45) is 0 Å². The Hall–Kier alpha value is -2.73. The third-order valence-corrected chi connectivity index (χ3v) is 5.50. The van der Waals surface area contributed by atoms with Crippen LogP contribution in [-0.2, 0) is 0 Å². The summed E-state index contributed by atoms with van der Waals surface area (Å²) in [5.74, 6) is -0.317. The average molecular weight is 367 g/mol. The van der Waals surface area contributed by atoms with Crippen LogP contribution in [0.15, 0.2) is 48.7 Å². The predicted octanol–water partition coefficient (Wildman–Crippen LogP) is 4.88. The van der Waals surface area contributed by atoms with Crippen LogP contribution >= 0.6 is 11.3 Å². The van der Waals surface area contributed by atoms with Gasteiger partial charge in [-0.25, -0.2) is 9.37 Å². The number of hydrogen-bond acceptors (Lipinski definition) is 3. The number of aromatic nitrogens is 2. The van der Waals surface area contributed by atoms with E-state index in [1.165, 1.54) is 23.5 Å². The second kappa shape index (κ2) is 6.53. The first kappa shape index (κ1) is 16.7. The molecule has 1 atom stereocenters. The average Bonchev–Trinajstić information content (AvgIpc) is 3.19. The number of thiazole rings is 1. The number of nitrogens with one attached hydrogen (secondary N) is 1. The van der Waals surface area contributed by atoms with E-state index in [0.717, 1.165) is 32.9 Å². The molecule has 0 aliphatic rings. The molecule has 2 heterocycles. The Bertz CT molecular complexity index is 1100. The Morgan fingerprint density at radius 2 is 2.04 bits per heavy atom. The standard InChI is InChI=1S/C20H18FN3OS/c1-3-12(2)22-19(25)14-6-9-17-18(10-14)26-20-23-16(11-24(17)20)13-4-7-15(21)8-5-13/h4-12H,3H2,1-2H3,(H,22,25)/t12-/m1/s1. The lowest BCUT2D eigenvalue weighted by molar-refractivity contribution is 0.0939. The summed E-state index contributed by atoms with van der Waals surface area (Å²) in [4.78, 5) is 17.8. The Labute approximate surface area is 154 Å². The molecule has 2 aromatic heterocycles. The fourth-order valence-corrected chi connectivity index (χ4v) is 3.86. The van der Waals surface area contributed by atoms with E-state index in [0.29, 0.717) is 5.56 Å². The molecule has 4 aromatic rings. The number of imidazole rings is 1. The van der Waals surface area contributed by atoms with Gasteiger partial charge in [0, 0.05) is 23.4 Å². The van der Waals surface area contributed by atoms with Gasteiger partial charge in [-0.1, -0.05) is 18.3 Å². The molecule has 1 N–H and O–H groups in total. The van der Waals surface area contributed by atoms with E-state index in [9.17, 15) is 9.18 Å². The van der Waals surface area contributed by atoms with Crippen LogP contribution in [0, 0.1) is 5.82 Å². The van der Waals surface area contributed by atoms with Crippen LogP contribution in [0.3, 0.4) is 0 Å². The van der Waals surface area contributed by atoms with Crippen molar-refractivity contribution in [2.45, 2.75) is 26.3 Å². The van der Waals surface area contributed by atoms with Gasteiger partial charge in [0.2, 0.25) is 0 Å². The quantitative estimate of drug-likeness (QED) is 0.559. The minimum atomic E-state index is -0.261. The number of amides is 1. The molecular weight excluding hydrogens is 349 g/mol. The van der Waals surface area contributed by atoms with Gasteiger partial charge in [-0.15, -0.1) is 0 Å². The Morgan fingerprint density at radius 3 is 2.77 bits per heavy atom. The molecule has 0 fully saturated rings. The van der Waals surface area contributed by atoms with Crippen molar-refractivity contribution in [1.82, 2.24) is 14.7 Å². The number of carbonyl (C=O) groups is 1. The molecule has 26 heavy (non-hydrogen) atoms. The van der Waals surface area contributed by atoms with Crippen molar-refractivity contribution in [3.8, 4) is 11.3 Å². The van der Waals surface area contributed by atoms with Crippen molar-refractivity contribution in [3.05, 3.63) is 60.0 Å². The molecule has 1 amide bonds. The van der Waals surface area contributed by atoms with Crippen molar-refractivity contribution >= 4 is 32.4 Å². The highest BCUT2D eigenvalue weighted by atomic mass is 32.1. The van der Waals surface area contributed by atoms with Gasteiger partial charge in [0.05, 0.1) is 15.9 Å². The number of benzene rings is 2.